The Hall–Kier alpha value is -1.25. The Balaban J connectivity index is 2.87. The molecule has 0 aromatic heterocycles. The summed E-state index contributed by atoms with van der Waals surface area (Å²) in [5.74, 6) is -0.957. The Morgan fingerprint density at radius 3 is 2.27 bits per heavy atom. The Bertz CT molecular complexity index is 584. The Kier molecular flexibility index (Phi) is 11.2. The molecular weight excluding hydrogens is 388 g/mol. The normalized spacial score (nSPS) is 31.0. The molecule has 8 atom stereocenters. The summed E-state index contributed by atoms with van der Waals surface area (Å²) in [4.78, 5) is 11.4. The number of rotatable bonds is 10. The van der Waals surface area contributed by atoms with E-state index in [0.29, 0.717) is 12.0 Å². The summed E-state index contributed by atoms with van der Waals surface area (Å²) >= 11 is 0. The molecule has 1 aliphatic rings. The molecular formula is C23H40O7. The monoisotopic (exact) mass is 428 g/mol. The van der Waals surface area contributed by atoms with Gasteiger partial charge >= 0.3 is 5.97 Å². The van der Waals surface area contributed by atoms with E-state index in [1.807, 2.05) is 33.8 Å². The SMILES string of the molecule is COC(=O)/C(C)=C/C=C/C(C)C(O)C(C)C1OC(CC(OC)OC)C(C)C(O)C1C. The van der Waals surface area contributed by atoms with Crippen LogP contribution in [0.1, 0.15) is 41.0 Å². The number of esters is 1. The molecule has 7 heteroatoms. The van der Waals surface area contributed by atoms with E-state index in [-0.39, 0.29) is 41.8 Å². The minimum absolute atomic E-state index is 0.0721. The lowest BCUT2D eigenvalue weighted by atomic mass is 9.75. The second kappa shape index (κ2) is 12.6. The van der Waals surface area contributed by atoms with E-state index in [1.165, 1.54) is 7.11 Å². The summed E-state index contributed by atoms with van der Waals surface area (Å²) < 4.78 is 21.6. The highest BCUT2D eigenvalue weighted by Crippen LogP contribution is 2.37. The second-order valence-electron chi connectivity index (χ2n) is 8.42. The number of allylic oxidation sites excluding steroid dienone is 2. The molecule has 8 unspecified atom stereocenters. The van der Waals surface area contributed by atoms with Crippen molar-refractivity contribution in [3.63, 3.8) is 0 Å². The third-order valence-electron chi connectivity index (χ3n) is 6.33. The lowest BCUT2D eigenvalue weighted by Gasteiger charge is -2.46. The largest absolute Gasteiger partial charge is 0.466 e. The Morgan fingerprint density at radius 2 is 1.73 bits per heavy atom. The van der Waals surface area contributed by atoms with Gasteiger partial charge in [-0.25, -0.2) is 4.79 Å². The fourth-order valence-electron chi connectivity index (χ4n) is 4.09. The first-order chi connectivity index (χ1) is 14.1. The van der Waals surface area contributed by atoms with E-state index < -0.39 is 18.5 Å². The molecule has 1 rings (SSSR count). The van der Waals surface area contributed by atoms with Crippen molar-refractivity contribution >= 4 is 5.97 Å². The molecule has 7 nitrogen and oxygen atoms in total. The van der Waals surface area contributed by atoms with Gasteiger partial charge in [-0.2, -0.15) is 0 Å². The van der Waals surface area contributed by atoms with Crippen LogP contribution in [-0.4, -0.2) is 68.2 Å². The maximum absolute atomic E-state index is 11.4. The molecule has 0 saturated carbocycles. The van der Waals surface area contributed by atoms with Crippen LogP contribution in [0.2, 0.25) is 0 Å². The lowest BCUT2D eigenvalue weighted by Crippen LogP contribution is -2.54. The van der Waals surface area contributed by atoms with Crippen molar-refractivity contribution in [1.82, 2.24) is 0 Å². The third kappa shape index (κ3) is 6.89. The summed E-state index contributed by atoms with van der Waals surface area (Å²) in [6.45, 7) is 9.45. The van der Waals surface area contributed by atoms with E-state index in [4.69, 9.17) is 14.2 Å². The van der Waals surface area contributed by atoms with Crippen molar-refractivity contribution < 1.29 is 34.0 Å². The van der Waals surface area contributed by atoms with Gasteiger partial charge in [0.15, 0.2) is 6.29 Å². The molecule has 0 aromatic rings. The van der Waals surface area contributed by atoms with Gasteiger partial charge in [-0.05, 0) is 6.92 Å². The molecule has 1 fully saturated rings. The smallest absolute Gasteiger partial charge is 0.333 e. The number of carbonyl (C=O) groups excluding carboxylic acids is 1. The van der Waals surface area contributed by atoms with Gasteiger partial charge in [-0.15, -0.1) is 0 Å². The minimum atomic E-state index is -0.678. The molecule has 1 aliphatic heterocycles. The first-order valence-electron chi connectivity index (χ1n) is 10.6. The van der Waals surface area contributed by atoms with Crippen LogP contribution in [-0.2, 0) is 23.7 Å². The molecule has 174 valence electrons. The van der Waals surface area contributed by atoms with Crippen LogP contribution in [0.4, 0.5) is 0 Å². The quantitative estimate of drug-likeness (QED) is 0.239. The Morgan fingerprint density at radius 1 is 1.13 bits per heavy atom. The summed E-state index contributed by atoms with van der Waals surface area (Å²) in [6.07, 6.45) is 3.58. The van der Waals surface area contributed by atoms with Crippen molar-refractivity contribution in [2.45, 2.75) is 71.7 Å². The van der Waals surface area contributed by atoms with Crippen LogP contribution in [0.3, 0.4) is 0 Å². The van der Waals surface area contributed by atoms with Crippen molar-refractivity contribution in [1.29, 1.82) is 0 Å². The predicted octanol–water partition coefficient (Wildman–Crippen LogP) is 2.70. The number of methoxy groups -OCH3 is 3. The standard InChI is InChI=1S/C23H40O7/c1-13(10-9-11-14(2)23(26)29-8)20(24)16(4)22-17(5)21(25)15(3)18(30-22)12-19(27-6)28-7/h9-11,13,15-22,24-25H,12H2,1-8H3/b10-9+,14-11+. The van der Waals surface area contributed by atoms with Crippen LogP contribution in [0.25, 0.3) is 0 Å². The highest BCUT2D eigenvalue weighted by molar-refractivity contribution is 5.87. The van der Waals surface area contributed by atoms with Gasteiger partial charge in [-0.1, -0.05) is 45.9 Å². The average molecular weight is 429 g/mol. The van der Waals surface area contributed by atoms with E-state index in [0.717, 1.165) is 0 Å². The lowest BCUT2D eigenvalue weighted by molar-refractivity contribution is -0.215. The van der Waals surface area contributed by atoms with Gasteiger partial charge in [0, 0.05) is 49.9 Å². The summed E-state index contributed by atoms with van der Waals surface area (Å²) in [6, 6.07) is 0. The fraction of sp³-hybridized carbons (Fsp3) is 0.783. The fourth-order valence-corrected chi connectivity index (χ4v) is 4.09. The molecule has 0 spiro atoms. The zero-order valence-corrected chi connectivity index (χ0v) is 19.6. The molecule has 0 amide bonds. The average Bonchev–Trinajstić information content (AvgIpc) is 2.75. The van der Waals surface area contributed by atoms with Crippen LogP contribution >= 0.6 is 0 Å². The third-order valence-corrected chi connectivity index (χ3v) is 6.33. The Labute approximate surface area is 181 Å². The molecule has 0 radical (unpaired) electrons. The molecule has 1 heterocycles. The second-order valence-corrected chi connectivity index (χ2v) is 8.42. The van der Waals surface area contributed by atoms with Crippen LogP contribution < -0.4 is 0 Å². The van der Waals surface area contributed by atoms with Crippen LogP contribution in [0, 0.1) is 23.7 Å². The molecule has 30 heavy (non-hydrogen) atoms. The highest BCUT2D eigenvalue weighted by atomic mass is 16.7. The van der Waals surface area contributed by atoms with Gasteiger partial charge in [0.2, 0.25) is 0 Å². The topological polar surface area (TPSA) is 94.5 Å². The zero-order chi connectivity index (χ0) is 23.0. The number of hydrogen-bond donors (Lipinski definition) is 2. The first-order valence-corrected chi connectivity index (χ1v) is 10.6. The van der Waals surface area contributed by atoms with Gasteiger partial charge in [-0.3, -0.25) is 0 Å². The number of carbonyl (C=O) groups is 1. The highest BCUT2D eigenvalue weighted by Gasteiger charge is 2.45. The van der Waals surface area contributed by atoms with Gasteiger partial charge in [0.1, 0.15) is 0 Å². The van der Waals surface area contributed by atoms with Crippen LogP contribution in [0.5, 0.6) is 0 Å². The maximum atomic E-state index is 11.4. The molecule has 0 aliphatic carbocycles. The van der Waals surface area contributed by atoms with Crippen molar-refractivity contribution in [2.75, 3.05) is 21.3 Å². The van der Waals surface area contributed by atoms with E-state index in [2.05, 4.69) is 4.74 Å². The summed E-state index contributed by atoms with van der Waals surface area (Å²) in [7, 11) is 4.50. The zero-order valence-electron chi connectivity index (χ0n) is 19.6. The summed E-state index contributed by atoms with van der Waals surface area (Å²) in [5.41, 5.74) is 0.485. The van der Waals surface area contributed by atoms with Crippen molar-refractivity contribution in [2.24, 2.45) is 23.7 Å². The maximum Gasteiger partial charge on any atom is 0.333 e. The van der Waals surface area contributed by atoms with E-state index >= 15 is 0 Å². The van der Waals surface area contributed by atoms with E-state index in [9.17, 15) is 15.0 Å². The predicted molar refractivity (Wildman–Crippen MR) is 115 cm³/mol. The van der Waals surface area contributed by atoms with Crippen molar-refractivity contribution in [3.05, 3.63) is 23.8 Å². The minimum Gasteiger partial charge on any atom is -0.466 e. The number of hydrogen-bond acceptors (Lipinski definition) is 7. The molecule has 0 aromatic carbocycles. The van der Waals surface area contributed by atoms with Gasteiger partial charge < -0.3 is 29.2 Å². The first kappa shape index (κ1) is 26.8. The number of aliphatic hydroxyl groups is 2. The van der Waals surface area contributed by atoms with Gasteiger partial charge in [0.25, 0.3) is 0 Å². The molecule has 0 bridgehead atoms. The number of aliphatic hydroxyl groups excluding tert-OH is 2. The van der Waals surface area contributed by atoms with E-state index in [1.54, 1.807) is 33.3 Å². The molecule has 1 saturated heterocycles. The van der Waals surface area contributed by atoms with Gasteiger partial charge in [0.05, 0.1) is 31.5 Å². The number of ether oxygens (including phenoxy) is 4. The van der Waals surface area contributed by atoms with Crippen LogP contribution in [0.15, 0.2) is 23.8 Å². The molecule has 2 N–H and O–H groups in total. The summed E-state index contributed by atoms with van der Waals surface area (Å²) in [5, 5.41) is 21.7. The van der Waals surface area contributed by atoms with Crippen molar-refractivity contribution in [3.8, 4) is 0 Å².